The van der Waals surface area contributed by atoms with E-state index in [-0.39, 0.29) is 18.5 Å². The molecule has 0 aliphatic carbocycles. The highest BCUT2D eigenvalue weighted by Gasteiger charge is 2.08. The molecule has 0 saturated heterocycles. The lowest BCUT2D eigenvalue weighted by Crippen LogP contribution is -2.34. The number of nitrogens with one attached hydrogen (secondary N) is 2. The lowest BCUT2D eigenvalue weighted by Gasteiger charge is -2.14. The molecule has 0 aliphatic rings. The zero-order chi connectivity index (χ0) is 15.9. The number of halogens is 2. The minimum atomic E-state index is -0.0752. The summed E-state index contributed by atoms with van der Waals surface area (Å²) in [6.07, 6.45) is 0. The Bertz CT molecular complexity index is 646. The Labute approximate surface area is 140 Å². The molecule has 2 aromatic rings. The van der Waals surface area contributed by atoms with Crippen molar-refractivity contribution in [3.63, 3.8) is 0 Å². The molecule has 1 amide bonds. The summed E-state index contributed by atoms with van der Waals surface area (Å²) in [6.45, 7) is 2.65. The van der Waals surface area contributed by atoms with Crippen molar-refractivity contribution in [2.24, 2.45) is 0 Å². The van der Waals surface area contributed by atoms with Gasteiger partial charge in [-0.05, 0) is 36.2 Å². The van der Waals surface area contributed by atoms with Crippen LogP contribution < -0.4 is 10.6 Å². The average Bonchev–Trinajstić information content (AvgIpc) is 2.52. The van der Waals surface area contributed by atoms with Gasteiger partial charge in [0.2, 0.25) is 5.91 Å². The van der Waals surface area contributed by atoms with Gasteiger partial charge in [-0.1, -0.05) is 53.5 Å². The van der Waals surface area contributed by atoms with Crippen LogP contribution >= 0.6 is 23.2 Å². The van der Waals surface area contributed by atoms with Crippen LogP contribution in [0, 0.1) is 0 Å². The summed E-state index contributed by atoms with van der Waals surface area (Å²) in [4.78, 5) is 11.9. The van der Waals surface area contributed by atoms with Crippen LogP contribution in [0.2, 0.25) is 10.0 Å². The van der Waals surface area contributed by atoms with E-state index < -0.39 is 0 Å². The first-order valence-electron chi connectivity index (χ1n) is 7.05. The molecule has 0 fully saturated rings. The molecule has 0 spiro atoms. The van der Waals surface area contributed by atoms with Crippen molar-refractivity contribution in [2.45, 2.75) is 19.5 Å². The fourth-order valence-electron chi connectivity index (χ4n) is 2.04. The summed E-state index contributed by atoms with van der Waals surface area (Å²) >= 11 is 12.0. The molecule has 0 aliphatic heterocycles. The number of carbonyl (C=O) groups excluding carboxylic acids is 1. The number of benzene rings is 2. The van der Waals surface area contributed by atoms with Crippen LogP contribution in [0.15, 0.2) is 48.5 Å². The molecule has 0 bridgehead atoms. The van der Waals surface area contributed by atoms with Gasteiger partial charge in [-0.15, -0.1) is 0 Å². The van der Waals surface area contributed by atoms with Gasteiger partial charge >= 0.3 is 0 Å². The third-order valence-corrected chi connectivity index (χ3v) is 3.96. The number of amides is 1. The van der Waals surface area contributed by atoms with Gasteiger partial charge in [-0.25, -0.2) is 0 Å². The summed E-state index contributed by atoms with van der Waals surface area (Å²) in [5, 5.41) is 7.36. The van der Waals surface area contributed by atoms with Crippen LogP contribution in [-0.4, -0.2) is 12.5 Å². The molecule has 116 valence electrons. The Morgan fingerprint density at radius 1 is 1.14 bits per heavy atom. The van der Waals surface area contributed by atoms with Crippen molar-refractivity contribution in [3.8, 4) is 0 Å². The summed E-state index contributed by atoms with van der Waals surface area (Å²) in [5.41, 5.74) is 1.95. The maximum atomic E-state index is 11.9. The second-order valence-corrected chi connectivity index (χ2v) is 5.87. The Morgan fingerprint density at radius 3 is 2.64 bits per heavy atom. The van der Waals surface area contributed by atoms with Gasteiger partial charge in [-0.3, -0.25) is 4.79 Å². The van der Waals surface area contributed by atoms with Gasteiger partial charge in [0, 0.05) is 22.6 Å². The predicted octanol–water partition coefficient (Wildman–Crippen LogP) is 3.96. The minimum absolute atomic E-state index is 0.0461. The zero-order valence-corrected chi connectivity index (χ0v) is 13.8. The maximum absolute atomic E-state index is 11.9. The van der Waals surface area contributed by atoms with Crippen molar-refractivity contribution in [1.29, 1.82) is 0 Å². The van der Waals surface area contributed by atoms with Crippen LogP contribution in [0.5, 0.6) is 0 Å². The largest absolute Gasteiger partial charge is 0.351 e. The molecule has 0 saturated carbocycles. The summed E-state index contributed by atoms with van der Waals surface area (Å²) in [7, 11) is 0. The smallest absolute Gasteiger partial charge is 0.234 e. The van der Waals surface area contributed by atoms with Crippen molar-refractivity contribution in [3.05, 3.63) is 69.7 Å². The average molecular weight is 337 g/mol. The van der Waals surface area contributed by atoms with Gasteiger partial charge in [0.1, 0.15) is 0 Å². The number of hydrogen-bond donors (Lipinski definition) is 2. The SMILES string of the molecule is C[C@@H](NCC(=O)NCc1ccccc1Cl)c1cccc(Cl)c1. The van der Waals surface area contributed by atoms with Crippen molar-refractivity contribution >= 4 is 29.1 Å². The molecule has 0 aromatic heterocycles. The van der Waals surface area contributed by atoms with E-state index in [0.29, 0.717) is 16.6 Å². The fourth-order valence-corrected chi connectivity index (χ4v) is 2.44. The van der Waals surface area contributed by atoms with Crippen LogP contribution in [0.4, 0.5) is 0 Å². The molecule has 22 heavy (non-hydrogen) atoms. The molecular formula is C17H18Cl2N2O. The molecule has 0 radical (unpaired) electrons. The van der Waals surface area contributed by atoms with Gasteiger partial charge in [-0.2, -0.15) is 0 Å². The quantitative estimate of drug-likeness (QED) is 0.838. The molecule has 5 heteroatoms. The van der Waals surface area contributed by atoms with Gasteiger partial charge in [0.05, 0.1) is 6.54 Å². The Kier molecular flexibility index (Phi) is 6.25. The van der Waals surface area contributed by atoms with E-state index in [1.165, 1.54) is 0 Å². The Balaban J connectivity index is 1.79. The molecule has 2 rings (SSSR count). The minimum Gasteiger partial charge on any atom is -0.351 e. The number of carbonyl (C=O) groups is 1. The maximum Gasteiger partial charge on any atom is 0.234 e. The first-order chi connectivity index (χ1) is 10.6. The normalized spacial score (nSPS) is 12.0. The monoisotopic (exact) mass is 336 g/mol. The van der Waals surface area contributed by atoms with Crippen LogP contribution in [0.1, 0.15) is 24.1 Å². The first kappa shape index (κ1) is 16.8. The Morgan fingerprint density at radius 2 is 1.91 bits per heavy atom. The number of rotatable bonds is 6. The lowest BCUT2D eigenvalue weighted by molar-refractivity contribution is -0.120. The summed E-state index contributed by atoms with van der Waals surface area (Å²) in [6, 6.07) is 15.1. The van der Waals surface area contributed by atoms with Crippen LogP contribution in [-0.2, 0) is 11.3 Å². The second-order valence-electron chi connectivity index (χ2n) is 5.03. The van der Waals surface area contributed by atoms with Crippen LogP contribution in [0.3, 0.4) is 0 Å². The highest BCUT2D eigenvalue weighted by Crippen LogP contribution is 2.17. The van der Waals surface area contributed by atoms with E-state index in [0.717, 1.165) is 11.1 Å². The number of hydrogen-bond acceptors (Lipinski definition) is 2. The fraction of sp³-hybridized carbons (Fsp3) is 0.235. The molecule has 1 atom stereocenters. The molecule has 0 heterocycles. The third kappa shape index (κ3) is 5.02. The van der Waals surface area contributed by atoms with Crippen molar-refractivity contribution < 1.29 is 4.79 Å². The highest BCUT2D eigenvalue weighted by molar-refractivity contribution is 6.31. The molecule has 3 nitrogen and oxygen atoms in total. The van der Waals surface area contributed by atoms with E-state index in [1.54, 1.807) is 0 Å². The zero-order valence-electron chi connectivity index (χ0n) is 12.3. The second kappa shape index (κ2) is 8.18. The molecular weight excluding hydrogens is 319 g/mol. The van der Waals surface area contributed by atoms with E-state index in [9.17, 15) is 4.79 Å². The van der Waals surface area contributed by atoms with Gasteiger partial charge in [0.25, 0.3) is 0 Å². The summed E-state index contributed by atoms with van der Waals surface area (Å²) < 4.78 is 0. The lowest BCUT2D eigenvalue weighted by atomic mass is 10.1. The van der Waals surface area contributed by atoms with Crippen molar-refractivity contribution in [1.82, 2.24) is 10.6 Å². The van der Waals surface area contributed by atoms with Gasteiger partial charge in [0.15, 0.2) is 0 Å². The topological polar surface area (TPSA) is 41.1 Å². The Hall–Kier alpha value is -1.55. The highest BCUT2D eigenvalue weighted by atomic mass is 35.5. The van der Waals surface area contributed by atoms with Crippen molar-refractivity contribution in [2.75, 3.05) is 6.54 Å². The first-order valence-corrected chi connectivity index (χ1v) is 7.81. The molecule has 0 unspecified atom stereocenters. The standard InChI is InChI=1S/C17H18Cl2N2O/c1-12(13-6-4-7-15(18)9-13)20-11-17(22)21-10-14-5-2-3-8-16(14)19/h2-9,12,20H,10-11H2,1H3,(H,21,22)/t12-/m1/s1. The molecule has 2 aromatic carbocycles. The third-order valence-electron chi connectivity index (χ3n) is 3.35. The van der Waals surface area contributed by atoms with E-state index in [2.05, 4.69) is 10.6 Å². The van der Waals surface area contributed by atoms with Gasteiger partial charge < -0.3 is 10.6 Å². The van der Waals surface area contributed by atoms with Crippen LogP contribution in [0.25, 0.3) is 0 Å². The van der Waals surface area contributed by atoms with E-state index in [4.69, 9.17) is 23.2 Å². The molecule has 2 N–H and O–H groups in total. The van der Waals surface area contributed by atoms with E-state index in [1.807, 2.05) is 55.5 Å². The summed E-state index contributed by atoms with van der Waals surface area (Å²) in [5.74, 6) is -0.0752. The van der Waals surface area contributed by atoms with E-state index >= 15 is 0 Å². The predicted molar refractivity (Wildman–Crippen MR) is 91.2 cm³/mol.